The first kappa shape index (κ1) is 8.93. The van der Waals surface area contributed by atoms with Gasteiger partial charge in [0.25, 0.3) is 0 Å². The van der Waals surface area contributed by atoms with Gasteiger partial charge in [-0.15, -0.1) is 10.2 Å². The highest BCUT2D eigenvalue weighted by Gasteiger charge is 2.09. The van der Waals surface area contributed by atoms with E-state index in [9.17, 15) is 0 Å². The molecule has 0 saturated heterocycles. The van der Waals surface area contributed by atoms with E-state index < -0.39 is 0 Å². The van der Waals surface area contributed by atoms with Crippen molar-refractivity contribution in [3.63, 3.8) is 0 Å². The maximum absolute atomic E-state index is 4.11. The zero-order valence-electron chi connectivity index (χ0n) is 8.38. The Kier molecular flexibility index (Phi) is 2.30. The topological polar surface area (TPSA) is 48.5 Å². The minimum Gasteiger partial charge on any atom is -0.312 e. The molecule has 0 aliphatic rings. The van der Waals surface area contributed by atoms with E-state index in [0.29, 0.717) is 0 Å². The van der Waals surface area contributed by atoms with Crippen molar-refractivity contribution in [1.29, 1.82) is 0 Å². The summed E-state index contributed by atoms with van der Waals surface area (Å²) in [6.45, 7) is 3.07. The second-order valence-corrected chi connectivity index (χ2v) is 3.19. The smallest absolute Gasteiger partial charge is 0.182 e. The molecule has 2 heterocycles. The van der Waals surface area contributed by atoms with Gasteiger partial charge in [0.2, 0.25) is 0 Å². The number of hydrogen-bond donors (Lipinski definition) is 0. The molecule has 0 unspecified atom stereocenters. The van der Waals surface area contributed by atoms with Crippen LogP contribution in [0.5, 0.6) is 0 Å². The van der Waals surface area contributed by atoms with E-state index in [4.69, 9.17) is 0 Å². The summed E-state index contributed by atoms with van der Waals surface area (Å²) in [5.41, 5.74) is 0.996. The van der Waals surface area contributed by atoms with Gasteiger partial charge in [-0.3, -0.25) is 4.68 Å². The van der Waals surface area contributed by atoms with Crippen LogP contribution in [0, 0.1) is 0 Å². The number of rotatable bonds is 3. The Morgan fingerprint density at radius 2 is 2.29 bits per heavy atom. The van der Waals surface area contributed by atoms with Crippen LogP contribution in [0.1, 0.15) is 13.3 Å². The predicted molar refractivity (Wildman–Crippen MR) is 52.5 cm³/mol. The standard InChI is InChI=1S/C9H13N5/c1-3-6-14-7-10-12-9(14)8-4-5-11-13(8)2/h4-5,7H,3,6H2,1-2H3. The molecule has 0 bridgehead atoms. The number of aromatic nitrogens is 5. The molecule has 2 rings (SSSR count). The highest BCUT2D eigenvalue weighted by Crippen LogP contribution is 2.14. The molecule has 0 aromatic carbocycles. The highest BCUT2D eigenvalue weighted by molar-refractivity contribution is 5.48. The molecule has 0 N–H and O–H groups in total. The van der Waals surface area contributed by atoms with Crippen molar-refractivity contribution in [3.05, 3.63) is 18.6 Å². The molecule has 0 radical (unpaired) electrons. The van der Waals surface area contributed by atoms with E-state index in [1.165, 1.54) is 0 Å². The van der Waals surface area contributed by atoms with Crippen molar-refractivity contribution in [1.82, 2.24) is 24.5 Å². The van der Waals surface area contributed by atoms with E-state index in [2.05, 4.69) is 22.2 Å². The molecule has 5 heteroatoms. The minimum absolute atomic E-state index is 0.881. The third-order valence-electron chi connectivity index (χ3n) is 2.13. The Balaban J connectivity index is 2.41. The fourth-order valence-electron chi connectivity index (χ4n) is 1.45. The lowest BCUT2D eigenvalue weighted by molar-refractivity contribution is 0.673. The largest absolute Gasteiger partial charge is 0.312 e. The molecular formula is C9H13N5. The van der Waals surface area contributed by atoms with Crippen LogP contribution < -0.4 is 0 Å². The average Bonchev–Trinajstić information content (AvgIpc) is 2.74. The first-order valence-corrected chi connectivity index (χ1v) is 4.69. The summed E-state index contributed by atoms with van der Waals surface area (Å²) in [4.78, 5) is 0. The van der Waals surface area contributed by atoms with Crippen LogP contribution in [-0.2, 0) is 13.6 Å². The van der Waals surface area contributed by atoms with Gasteiger partial charge in [0.05, 0.1) is 0 Å². The second-order valence-electron chi connectivity index (χ2n) is 3.19. The summed E-state index contributed by atoms with van der Waals surface area (Å²) in [5, 5.41) is 12.1. The Labute approximate surface area is 82.4 Å². The third-order valence-corrected chi connectivity index (χ3v) is 2.13. The van der Waals surface area contributed by atoms with Gasteiger partial charge in [-0.05, 0) is 12.5 Å². The van der Waals surface area contributed by atoms with Gasteiger partial charge in [-0.2, -0.15) is 5.10 Å². The monoisotopic (exact) mass is 191 g/mol. The van der Waals surface area contributed by atoms with Crippen LogP contribution in [0.2, 0.25) is 0 Å². The van der Waals surface area contributed by atoms with Gasteiger partial charge in [-0.25, -0.2) is 0 Å². The van der Waals surface area contributed by atoms with Crippen LogP contribution in [0.4, 0.5) is 0 Å². The van der Waals surface area contributed by atoms with Crippen LogP contribution in [0.3, 0.4) is 0 Å². The van der Waals surface area contributed by atoms with Crippen LogP contribution in [-0.4, -0.2) is 24.5 Å². The Hall–Kier alpha value is -1.65. The maximum Gasteiger partial charge on any atom is 0.182 e. The normalized spacial score (nSPS) is 10.7. The second kappa shape index (κ2) is 3.61. The first-order chi connectivity index (χ1) is 6.83. The molecule has 0 spiro atoms. The zero-order chi connectivity index (χ0) is 9.97. The van der Waals surface area contributed by atoms with E-state index in [1.54, 1.807) is 17.2 Å². The summed E-state index contributed by atoms with van der Waals surface area (Å²) >= 11 is 0. The quantitative estimate of drug-likeness (QED) is 0.729. The highest BCUT2D eigenvalue weighted by atomic mass is 15.3. The lowest BCUT2D eigenvalue weighted by atomic mass is 10.4. The summed E-state index contributed by atoms with van der Waals surface area (Å²) in [5.74, 6) is 0.881. The summed E-state index contributed by atoms with van der Waals surface area (Å²) < 4.78 is 3.84. The molecule has 0 atom stereocenters. The average molecular weight is 191 g/mol. The molecule has 0 aliphatic carbocycles. The molecule has 5 nitrogen and oxygen atoms in total. The van der Waals surface area contributed by atoms with Crippen molar-refractivity contribution in [2.45, 2.75) is 19.9 Å². The Bertz CT molecular complexity index is 414. The van der Waals surface area contributed by atoms with Gasteiger partial charge in [0, 0.05) is 19.8 Å². The molecule has 0 fully saturated rings. The Morgan fingerprint density at radius 3 is 2.93 bits per heavy atom. The fourth-order valence-corrected chi connectivity index (χ4v) is 1.45. The van der Waals surface area contributed by atoms with Crippen molar-refractivity contribution in [2.75, 3.05) is 0 Å². The minimum atomic E-state index is 0.881. The summed E-state index contributed by atoms with van der Waals surface area (Å²) in [6, 6.07) is 1.94. The van der Waals surface area contributed by atoms with E-state index in [-0.39, 0.29) is 0 Å². The fraction of sp³-hybridized carbons (Fsp3) is 0.444. The van der Waals surface area contributed by atoms with Crippen molar-refractivity contribution in [3.8, 4) is 11.5 Å². The molecule has 2 aromatic rings. The van der Waals surface area contributed by atoms with Crippen LogP contribution >= 0.6 is 0 Å². The first-order valence-electron chi connectivity index (χ1n) is 4.69. The molecule has 0 aliphatic heterocycles. The third kappa shape index (κ3) is 1.41. The van der Waals surface area contributed by atoms with E-state index in [0.717, 1.165) is 24.5 Å². The van der Waals surface area contributed by atoms with E-state index in [1.807, 2.05) is 17.7 Å². The van der Waals surface area contributed by atoms with Crippen LogP contribution in [0.25, 0.3) is 11.5 Å². The lowest BCUT2D eigenvalue weighted by Crippen LogP contribution is -2.02. The molecule has 74 valence electrons. The predicted octanol–water partition coefficient (Wildman–Crippen LogP) is 1.09. The SMILES string of the molecule is CCCn1cnnc1-c1ccnn1C. The van der Waals surface area contributed by atoms with Crippen molar-refractivity contribution < 1.29 is 0 Å². The molecule has 0 amide bonds. The summed E-state index contributed by atoms with van der Waals surface area (Å²) in [6.07, 6.45) is 4.59. The molecular weight excluding hydrogens is 178 g/mol. The Morgan fingerprint density at radius 1 is 1.43 bits per heavy atom. The number of nitrogens with zero attached hydrogens (tertiary/aromatic N) is 5. The van der Waals surface area contributed by atoms with E-state index >= 15 is 0 Å². The number of hydrogen-bond acceptors (Lipinski definition) is 3. The zero-order valence-corrected chi connectivity index (χ0v) is 8.38. The lowest BCUT2D eigenvalue weighted by Gasteiger charge is -2.04. The molecule has 14 heavy (non-hydrogen) atoms. The van der Waals surface area contributed by atoms with Crippen molar-refractivity contribution in [2.24, 2.45) is 7.05 Å². The maximum atomic E-state index is 4.11. The van der Waals surface area contributed by atoms with Gasteiger partial charge in [0.1, 0.15) is 12.0 Å². The summed E-state index contributed by atoms with van der Waals surface area (Å²) in [7, 11) is 1.90. The van der Waals surface area contributed by atoms with Gasteiger partial charge >= 0.3 is 0 Å². The number of aryl methyl sites for hydroxylation is 2. The van der Waals surface area contributed by atoms with Gasteiger partial charge in [0.15, 0.2) is 5.82 Å². The van der Waals surface area contributed by atoms with Crippen LogP contribution in [0.15, 0.2) is 18.6 Å². The van der Waals surface area contributed by atoms with Gasteiger partial charge in [-0.1, -0.05) is 6.92 Å². The molecule has 2 aromatic heterocycles. The molecule has 0 saturated carbocycles. The van der Waals surface area contributed by atoms with Crippen molar-refractivity contribution >= 4 is 0 Å². The van der Waals surface area contributed by atoms with Gasteiger partial charge < -0.3 is 4.57 Å².